The minimum Gasteiger partial charge on any atom is -0.496 e. The van der Waals surface area contributed by atoms with E-state index < -0.39 is 0 Å². The van der Waals surface area contributed by atoms with Crippen LogP contribution in [0.5, 0.6) is 5.75 Å². The van der Waals surface area contributed by atoms with E-state index in [0.717, 1.165) is 29.9 Å². The fraction of sp³-hybridized carbons (Fsp3) is 0.368. The van der Waals surface area contributed by atoms with Gasteiger partial charge in [0.1, 0.15) is 5.75 Å². The Bertz CT molecular complexity index is 647. The van der Waals surface area contributed by atoms with Gasteiger partial charge in [-0.25, -0.2) is 0 Å². The minimum absolute atomic E-state index is 0.123. The number of nitrogens with zero attached hydrogens (tertiary/aromatic N) is 1. The Kier molecular flexibility index (Phi) is 5.36. The van der Waals surface area contributed by atoms with Crippen LogP contribution in [0.4, 0.5) is 0 Å². The van der Waals surface area contributed by atoms with Gasteiger partial charge in [-0.2, -0.15) is 0 Å². The number of morpholine rings is 1. The van der Waals surface area contributed by atoms with Crippen LogP contribution in [-0.2, 0) is 11.3 Å². The fourth-order valence-corrected chi connectivity index (χ4v) is 3.54. The third-order valence-electron chi connectivity index (χ3n) is 4.14. The monoisotopic (exact) mass is 375 g/mol. The average molecular weight is 376 g/mol. The molecule has 0 N–H and O–H groups in total. The van der Waals surface area contributed by atoms with Gasteiger partial charge in [-0.05, 0) is 30.7 Å². The summed E-state index contributed by atoms with van der Waals surface area (Å²) >= 11 is 3.55. The number of methoxy groups -OCH3 is 1. The smallest absolute Gasteiger partial charge is 0.123 e. The maximum Gasteiger partial charge on any atom is 0.123 e. The molecule has 1 saturated heterocycles. The molecule has 1 aliphatic heterocycles. The molecule has 0 aromatic heterocycles. The molecule has 1 heterocycles. The number of hydrogen-bond acceptors (Lipinski definition) is 3. The highest BCUT2D eigenvalue weighted by Gasteiger charge is 2.26. The van der Waals surface area contributed by atoms with Gasteiger partial charge in [0.25, 0.3) is 0 Å². The van der Waals surface area contributed by atoms with Crippen LogP contribution in [0.2, 0.25) is 0 Å². The van der Waals surface area contributed by atoms with E-state index >= 15 is 0 Å². The fourth-order valence-electron chi connectivity index (χ4n) is 3.13. The predicted octanol–water partition coefficient (Wildman–Crippen LogP) is 4.42. The second-order valence-corrected chi connectivity index (χ2v) is 6.91. The quantitative estimate of drug-likeness (QED) is 0.789. The Balaban J connectivity index is 1.76. The zero-order valence-electron chi connectivity index (χ0n) is 13.5. The van der Waals surface area contributed by atoms with Gasteiger partial charge in [0.15, 0.2) is 0 Å². The highest BCUT2D eigenvalue weighted by atomic mass is 79.9. The van der Waals surface area contributed by atoms with Crippen molar-refractivity contribution in [2.75, 3.05) is 20.2 Å². The van der Waals surface area contributed by atoms with Crippen molar-refractivity contribution in [1.29, 1.82) is 0 Å². The van der Waals surface area contributed by atoms with Crippen LogP contribution in [0.15, 0.2) is 53.0 Å². The van der Waals surface area contributed by atoms with Crippen molar-refractivity contribution in [3.05, 3.63) is 64.1 Å². The van der Waals surface area contributed by atoms with Crippen LogP contribution >= 0.6 is 15.9 Å². The van der Waals surface area contributed by atoms with E-state index in [1.54, 1.807) is 7.11 Å². The summed E-state index contributed by atoms with van der Waals surface area (Å²) in [6, 6.07) is 16.6. The molecule has 0 aliphatic carbocycles. The van der Waals surface area contributed by atoms with Crippen molar-refractivity contribution in [2.24, 2.45) is 0 Å². The lowest BCUT2D eigenvalue weighted by Gasteiger charge is -2.37. The van der Waals surface area contributed by atoms with Gasteiger partial charge >= 0.3 is 0 Å². The molecule has 0 radical (unpaired) electrons. The van der Waals surface area contributed by atoms with E-state index in [1.165, 1.54) is 11.1 Å². The molecule has 0 amide bonds. The predicted molar refractivity (Wildman–Crippen MR) is 95.7 cm³/mol. The van der Waals surface area contributed by atoms with Crippen LogP contribution in [0, 0.1) is 0 Å². The Morgan fingerprint density at radius 2 is 1.96 bits per heavy atom. The number of ether oxygens (including phenoxy) is 2. The number of halogens is 1. The molecule has 3 nitrogen and oxygen atoms in total. The van der Waals surface area contributed by atoms with E-state index in [9.17, 15) is 0 Å². The van der Waals surface area contributed by atoms with E-state index in [0.29, 0.717) is 0 Å². The lowest BCUT2D eigenvalue weighted by Crippen LogP contribution is -2.42. The lowest BCUT2D eigenvalue weighted by atomic mass is 10.1. The number of benzene rings is 2. The van der Waals surface area contributed by atoms with Crippen molar-refractivity contribution in [2.45, 2.75) is 25.7 Å². The third-order valence-corrected chi connectivity index (χ3v) is 4.64. The molecule has 1 aliphatic rings. The molecule has 3 rings (SSSR count). The molecule has 2 unspecified atom stereocenters. The number of hydrogen-bond donors (Lipinski definition) is 0. The summed E-state index contributed by atoms with van der Waals surface area (Å²) in [5, 5.41) is 0. The van der Waals surface area contributed by atoms with Crippen LogP contribution in [0.25, 0.3) is 0 Å². The summed E-state index contributed by atoms with van der Waals surface area (Å²) in [6.07, 6.45) is 0.338. The third kappa shape index (κ3) is 4.14. The largest absolute Gasteiger partial charge is 0.496 e. The van der Waals surface area contributed by atoms with Crippen molar-refractivity contribution in [3.63, 3.8) is 0 Å². The van der Waals surface area contributed by atoms with Crippen molar-refractivity contribution in [3.8, 4) is 5.75 Å². The molecule has 4 heteroatoms. The lowest BCUT2D eigenvalue weighted by molar-refractivity contribution is -0.0815. The van der Waals surface area contributed by atoms with Crippen molar-refractivity contribution < 1.29 is 9.47 Å². The van der Waals surface area contributed by atoms with E-state index in [2.05, 4.69) is 58.1 Å². The molecule has 2 aromatic rings. The Morgan fingerprint density at radius 3 is 2.70 bits per heavy atom. The first-order valence-corrected chi connectivity index (χ1v) is 8.70. The average Bonchev–Trinajstić information content (AvgIpc) is 2.55. The molecular weight excluding hydrogens is 354 g/mol. The molecule has 2 atom stereocenters. The van der Waals surface area contributed by atoms with E-state index in [4.69, 9.17) is 9.47 Å². The standard InChI is InChI=1S/C19H22BrNO2/c1-14-11-21(12-16-10-17(20)8-9-18(16)22-2)13-19(23-14)15-6-4-3-5-7-15/h3-10,14,19H,11-13H2,1-2H3. The highest BCUT2D eigenvalue weighted by molar-refractivity contribution is 9.10. The molecule has 23 heavy (non-hydrogen) atoms. The van der Waals surface area contributed by atoms with E-state index in [-0.39, 0.29) is 12.2 Å². The maximum absolute atomic E-state index is 6.14. The Hall–Kier alpha value is -1.36. The summed E-state index contributed by atoms with van der Waals surface area (Å²) in [5.41, 5.74) is 2.44. The summed E-state index contributed by atoms with van der Waals surface area (Å²) in [6.45, 7) is 4.82. The second-order valence-electron chi connectivity index (χ2n) is 6.00. The molecular formula is C19H22BrNO2. The first-order chi connectivity index (χ1) is 11.2. The second kappa shape index (κ2) is 7.47. The summed E-state index contributed by atoms with van der Waals surface area (Å²) in [5.74, 6) is 0.934. The molecule has 0 saturated carbocycles. The van der Waals surface area contributed by atoms with E-state index in [1.807, 2.05) is 18.2 Å². The van der Waals surface area contributed by atoms with Gasteiger partial charge < -0.3 is 9.47 Å². The SMILES string of the molecule is COc1ccc(Br)cc1CN1CC(C)OC(c2ccccc2)C1. The zero-order chi connectivity index (χ0) is 16.2. The molecule has 0 bridgehead atoms. The molecule has 122 valence electrons. The van der Waals surface area contributed by atoms with Crippen LogP contribution in [0.1, 0.15) is 24.2 Å². The summed E-state index contributed by atoms with van der Waals surface area (Å²) in [7, 11) is 1.72. The summed E-state index contributed by atoms with van der Waals surface area (Å²) < 4.78 is 12.7. The normalized spacial score (nSPS) is 22.0. The van der Waals surface area contributed by atoms with Gasteiger partial charge in [-0.15, -0.1) is 0 Å². The molecule has 1 fully saturated rings. The zero-order valence-corrected chi connectivity index (χ0v) is 15.1. The van der Waals surface area contributed by atoms with Gasteiger partial charge in [0.2, 0.25) is 0 Å². The van der Waals surface area contributed by atoms with Gasteiger partial charge in [0, 0.05) is 29.7 Å². The van der Waals surface area contributed by atoms with Gasteiger partial charge in [0.05, 0.1) is 19.3 Å². The van der Waals surface area contributed by atoms with Crippen LogP contribution < -0.4 is 4.74 Å². The van der Waals surface area contributed by atoms with Crippen molar-refractivity contribution in [1.82, 2.24) is 4.90 Å². The first kappa shape index (κ1) is 16.5. The van der Waals surface area contributed by atoms with Gasteiger partial charge in [-0.1, -0.05) is 46.3 Å². The number of rotatable bonds is 4. The Morgan fingerprint density at radius 1 is 1.17 bits per heavy atom. The van der Waals surface area contributed by atoms with Crippen molar-refractivity contribution >= 4 is 15.9 Å². The van der Waals surface area contributed by atoms with Gasteiger partial charge in [-0.3, -0.25) is 4.90 Å². The van der Waals surface area contributed by atoms with Crippen LogP contribution in [0.3, 0.4) is 0 Å². The molecule has 2 aromatic carbocycles. The molecule has 0 spiro atoms. The minimum atomic E-state index is 0.123. The Labute approximate surface area is 146 Å². The topological polar surface area (TPSA) is 21.7 Å². The van der Waals surface area contributed by atoms with Crippen LogP contribution in [-0.4, -0.2) is 31.2 Å². The summed E-state index contributed by atoms with van der Waals surface area (Å²) in [4.78, 5) is 2.44. The maximum atomic E-state index is 6.14. The first-order valence-electron chi connectivity index (χ1n) is 7.91. The highest BCUT2D eigenvalue weighted by Crippen LogP contribution is 2.29.